The van der Waals surface area contributed by atoms with Gasteiger partial charge in [-0.15, -0.1) is 11.3 Å². The predicted octanol–water partition coefficient (Wildman–Crippen LogP) is 5.44. The van der Waals surface area contributed by atoms with Gasteiger partial charge in [0.05, 0.1) is 8.61 Å². The minimum absolute atomic E-state index is 0.0545. The normalized spacial score (nSPS) is 12.8. The molecule has 0 nitrogen and oxygen atoms in total. The van der Waals surface area contributed by atoms with Crippen molar-refractivity contribution >= 4 is 43.2 Å². The summed E-state index contributed by atoms with van der Waals surface area (Å²) in [5.74, 6) is -0.155. The first kappa shape index (κ1) is 12.3. The standard InChI is InChI=1S/C12H9Br2FS/c1-7-2-3-8(6-9(7)15)12(14)10-4-5-11(13)16-10/h2-6,12H,1H3. The van der Waals surface area contributed by atoms with E-state index in [1.54, 1.807) is 24.3 Å². The third-order valence-electron chi connectivity index (χ3n) is 2.33. The molecule has 0 fully saturated rings. The van der Waals surface area contributed by atoms with E-state index in [0.29, 0.717) is 5.56 Å². The lowest BCUT2D eigenvalue weighted by atomic mass is 10.1. The molecule has 4 heteroatoms. The topological polar surface area (TPSA) is 0 Å². The maximum atomic E-state index is 13.4. The number of alkyl halides is 1. The Bertz CT molecular complexity index is 507. The van der Waals surface area contributed by atoms with Crippen molar-refractivity contribution in [1.29, 1.82) is 0 Å². The maximum Gasteiger partial charge on any atom is 0.126 e. The highest BCUT2D eigenvalue weighted by atomic mass is 79.9. The fourth-order valence-corrected chi connectivity index (χ4v) is 3.54. The van der Waals surface area contributed by atoms with E-state index in [1.807, 2.05) is 24.3 Å². The maximum absolute atomic E-state index is 13.4. The molecule has 0 bridgehead atoms. The van der Waals surface area contributed by atoms with Gasteiger partial charge < -0.3 is 0 Å². The second kappa shape index (κ2) is 4.98. The molecule has 84 valence electrons. The molecular weight excluding hydrogens is 355 g/mol. The Kier molecular flexibility index (Phi) is 3.82. The Hall–Kier alpha value is -0.190. The van der Waals surface area contributed by atoms with Crippen LogP contribution in [0.15, 0.2) is 34.1 Å². The van der Waals surface area contributed by atoms with Crippen molar-refractivity contribution in [3.63, 3.8) is 0 Å². The highest BCUT2D eigenvalue weighted by Gasteiger charge is 2.13. The first-order valence-corrected chi connectivity index (χ1v) is 7.26. The van der Waals surface area contributed by atoms with Gasteiger partial charge in [0.15, 0.2) is 0 Å². The predicted molar refractivity (Wildman–Crippen MR) is 73.9 cm³/mol. The summed E-state index contributed by atoms with van der Waals surface area (Å²) in [5.41, 5.74) is 1.62. The zero-order valence-electron chi connectivity index (χ0n) is 8.51. The van der Waals surface area contributed by atoms with Crippen molar-refractivity contribution < 1.29 is 4.39 Å². The molecule has 0 aliphatic heterocycles. The molecule has 1 aromatic heterocycles. The van der Waals surface area contributed by atoms with E-state index >= 15 is 0 Å². The van der Waals surface area contributed by atoms with Gasteiger partial charge in [-0.05, 0) is 52.2 Å². The molecule has 2 rings (SSSR count). The molecular formula is C12H9Br2FS. The molecule has 2 aromatic rings. The van der Waals surface area contributed by atoms with E-state index in [0.717, 1.165) is 14.2 Å². The SMILES string of the molecule is Cc1ccc(C(Br)c2ccc(Br)s2)cc1F. The van der Waals surface area contributed by atoms with Crippen LogP contribution < -0.4 is 0 Å². The Morgan fingerprint density at radius 3 is 2.56 bits per heavy atom. The van der Waals surface area contributed by atoms with Gasteiger partial charge >= 0.3 is 0 Å². The van der Waals surface area contributed by atoms with Crippen molar-refractivity contribution in [1.82, 2.24) is 0 Å². The molecule has 1 atom stereocenters. The summed E-state index contributed by atoms with van der Waals surface area (Å²) >= 11 is 8.66. The van der Waals surface area contributed by atoms with Crippen LogP contribution in [0.25, 0.3) is 0 Å². The number of halogens is 3. The number of aryl methyl sites for hydroxylation is 1. The molecule has 1 heterocycles. The molecule has 0 aliphatic rings. The van der Waals surface area contributed by atoms with E-state index in [4.69, 9.17) is 0 Å². The van der Waals surface area contributed by atoms with Crippen LogP contribution in [0, 0.1) is 12.7 Å². The third-order valence-corrected chi connectivity index (χ3v) is 5.35. The molecule has 1 unspecified atom stereocenters. The molecule has 1 aromatic carbocycles. The number of rotatable bonds is 2. The van der Waals surface area contributed by atoms with Crippen molar-refractivity contribution in [3.8, 4) is 0 Å². The number of hydrogen-bond acceptors (Lipinski definition) is 1. The van der Waals surface area contributed by atoms with Crippen LogP contribution in [-0.4, -0.2) is 0 Å². The molecule has 0 spiro atoms. The second-order valence-corrected chi connectivity index (χ2v) is 6.92. The summed E-state index contributed by atoms with van der Waals surface area (Å²) in [6, 6.07) is 9.38. The molecule has 0 saturated carbocycles. The van der Waals surface area contributed by atoms with E-state index in [9.17, 15) is 4.39 Å². The molecule has 0 amide bonds. The third kappa shape index (κ3) is 2.55. The number of benzene rings is 1. The van der Waals surface area contributed by atoms with Crippen LogP contribution in [0.1, 0.15) is 20.8 Å². The van der Waals surface area contributed by atoms with Crippen molar-refractivity contribution in [2.24, 2.45) is 0 Å². The average Bonchev–Trinajstić information content (AvgIpc) is 2.68. The van der Waals surface area contributed by atoms with Crippen LogP contribution in [0.5, 0.6) is 0 Å². The van der Waals surface area contributed by atoms with Crippen LogP contribution in [-0.2, 0) is 0 Å². The zero-order valence-corrected chi connectivity index (χ0v) is 12.5. The summed E-state index contributed by atoms with van der Waals surface area (Å²) in [7, 11) is 0. The molecule has 0 N–H and O–H groups in total. The Morgan fingerprint density at radius 1 is 1.25 bits per heavy atom. The lowest BCUT2D eigenvalue weighted by Crippen LogP contribution is -1.92. The number of hydrogen-bond donors (Lipinski definition) is 0. The summed E-state index contributed by atoms with van der Waals surface area (Å²) in [5, 5.41) is 0. The van der Waals surface area contributed by atoms with Crippen molar-refractivity contribution in [2.75, 3.05) is 0 Å². The molecule has 0 radical (unpaired) electrons. The average molecular weight is 364 g/mol. The monoisotopic (exact) mass is 362 g/mol. The first-order valence-electron chi connectivity index (χ1n) is 4.73. The van der Waals surface area contributed by atoms with Crippen molar-refractivity contribution in [3.05, 3.63) is 55.9 Å². The van der Waals surface area contributed by atoms with Gasteiger partial charge in [0.2, 0.25) is 0 Å². The minimum atomic E-state index is -0.155. The van der Waals surface area contributed by atoms with Gasteiger partial charge in [-0.2, -0.15) is 0 Å². The first-order chi connectivity index (χ1) is 7.58. The summed E-state index contributed by atoms with van der Waals surface area (Å²) in [6.45, 7) is 1.77. The summed E-state index contributed by atoms with van der Waals surface area (Å²) in [4.78, 5) is 1.22. The quantitative estimate of drug-likeness (QED) is 0.623. The van der Waals surface area contributed by atoms with Crippen molar-refractivity contribution in [2.45, 2.75) is 11.8 Å². The highest BCUT2D eigenvalue weighted by molar-refractivity contribution is 9.11. The smallest absolute Gasteiger partial charge is 0.126 e. The Morgan fingerprint density at radius 2 is 2.00 bits per heavy atom. The van der Waals surface area contributed by atoms with E-state index in [-0.39, 0.29) is 10.6 Å². The summed E-state index contributed by atoms with van der Waals surface area (Å²) < 4.78 is 14.5. The van der Waals surface area contributed by atoms with Gasteiger partial charge in [-0.25, -0.2) is 4.39 Å². The van der Waals surface area contributed by atoms with Crippen LogP contribution >= 0.6 is 43.2 Å². The van der Waals surface area contributed by atoms with Crippen LogP contribution in [0.2, 0.25) is 0 Å². The zero-order chi connectivity index (χ0) is 11.7. The second-order valence-electron chi connectivity index (χ2n) is 3.51. The summed E-state index contributed by atoms with van der Waals surface area (Å²) in [6.07, 6.45) is 0. The largest absolute Gasteiger partial charge is 0.207 e. The minimum Gasteiger partial charge on any atom is -0.207 e. The van der Waals surface area contributed by atoms with Gasteiger partial charge in [-0.3, -0.25) is 0 Å². The van der Waals surface area contributed by atoms with E-state index in [2.05, 4.69) is 31.9 Å². The van der Waals surface area contributed by atoms with Crippen LogP contribution in [0.4, 0.5) is 4.39 Å². The lowest BCUT2D eigenvalue weighted by Gasteiger charge is -2.08. The Labute approximate surface area is 115 Å². The van der Waals surface area contributed by atoms with E-state index < -0.39 is 0 Å². The fraction of sp³-hybridized carbons (Fsp3) is 0.167. The molecule has 0 aliphatic carbocycles. The molecule has 16 heavy (non-hydrogen) atoms. The molecule has 0 saturated heterocycles. The van der Waals surface area contributed by atoms with Gasteiger partial charge in [0.1, 0.15) is 5.82 Å². The van der Waals surface area contributed by atoms with Gasteiger partial charge in [-0.1, -0.05) is 28.1 Å². The number of thiophene rings is 1. The highest BCUT2D eigenvalue weighted by Crippen LogP contribution is 2.37. The van der Waals surface area contributed by atoms with Gasteiger partial charge in [0.25, 0.3) is 0 Å². The Balaban J connectivity index is 2.33. The lowest BCUT2D eigenvalue weighted by molar-refractivity contribution is 0.616. The van der Waals surface area contributed by atoms with Gasteiger partial charge in [0, 0.05) is 4.88 Å². The van der Waals surface area contributed by atoms with E-state index in [1.165, 1.54) is 0 Å². The van der Waals surface area contributed by atoms with Crippen LogP contribution in [0.3, 0.4) is 0 Å². The fourth-order valence-electron chi connectivity index (χ4n) is 1.40.